The SMILES string of the molecule is Cc1ccc(F)c(C(=O)N2CCN(CC#N)CC2)c1F. The molecular formula is C14H15F2N3O. The van der Waals surface area contributed by atoms with Gasteiger partial charge in [0.15, 0.2) is 0 Å². The minimum absolute atomic E-state index is 0.248. The Balaban J connectivity index is 2.14. The van der Waals surface area contributed by atoms with Crippen molar-refractivity contribution >= 4 is 5.91 Å². The maximum absolute atomic E-state index is 13.9. The number of piperazine rings is 1. The fourth-order valence-electron chi connectivity index (χ4n) is 2.22. The molecule has 1 heterocycles. The predicted octanol–water partition coefficient (Wildman–Crippen LogP) is 1.55. The summed E-state index contributed by atoms with van der Waals surface area (Å²) >= 11 is 0. The van der Waals surface area contributed by atoms with E-state index in [4.69, 9.17) is 5.26 Å². The van der Waals surface area contributed by atoms with Gasteiger partial charge in [-0.1, -0.05) is 6.07 Å². The van der Waals surface area contributed by atoms with Crippen LogP contribution < -0.4 is 0 Å². The fraction of sp³-hybridized carbons (Fsp3) is 0.429. The van der Waals surface area contributed by atoms with E-state index in [0.717, 1.165) is 6.07 Å². The van der Waals surface area contributed by atoms with Gasteiger partial charge in [0.2, 0.25) is 0 Å². The molecule has 4 nitrogen and oxygen atoms in total. The number of amides is 1. The Labute approximate surface area is 116 Å². The number of benzene rings is 1. The molecule has 20 heavy (non-hydrogen) atoms. The lowest BCUT2D eigenvalue weighted by Crippen LogP contribution is -2.49. The highest BCUT2D eigenvalue weighted by Crippen LogP contribution is 2.19. The average Bonchev–Trinajstić information content (AvgIpc) is 2.44. The lowest BCUT2D eigenvalue weighted by atomic mass is 10.1. The van der Waals surface area contributed by atoms with Crippen LogP contribution in [0.15, 0.2) is 12.1 Å². The first-order chi connectivity index (χ1) is 9.54. The summed E-state index contributed by atoms with van der Waals surface area (Å²) in [5.41, 5.74) is -0.239. The van der Waals surface area contributed by atoms with E-state index < -0.39 is 23.1 Å². The lowest BCUT2D eigenvalue weighted by molar-refractivity contribution is 0.0642. The number of carbonyl (C=O) groups is 1. The van der Waals surface area contributed by atoms with Gasteiger partial charge in [0.1, 0.15) is 17.2 Å². The molecule has 1 aliphatic heterocycles. The molecule has 0 aliphatic carbocycles. The van der Waals surface area contributed by atoms with Gasteiger partial charge in [-0.3, -0.25) is 9.69 Å². The van der Waals surface area contributed by atoms with Crippen molar-refractivity contribution in [3.63, 3.8) is 0 Å². The Bertz CT molecular complexity index is 560. The molecule has 1 fully saturated rings. The van der Waals surface area contributed by atoms with Crippen LogP contribution in [-0.2, 0) is 0 Å². The van der Waals surface area contributed by atoms with E-state index in [1.165, 1.54) is 17.9 Å². The molecule has 0 atom stereocenters. The molecule has 1 aromatic carbocycles. The minimum atomic E-state index is -0.836. The van der Waals surface area contributed by atoms with E-state index in [0.29, 0.717) is 32.7 Å². The Hall–Kier alpha value is -2.00. The summed E-state index contributed by atoms with van der Waals surface area (Å²) in [5.74, 6) is -2.26. The van der Waals surface area contributed by atoms with Crippen molar-refractivity contribution in [2.75, 3.05) is 32.7 Å². The van der Waals surface area contributed by atoms with Gasteiger partial charge >= 0.3 is 0 Å². The van der Waals surface area contributed by atoms with Gasteiger partial charge in [0, 0.05) is 26.2 Å². The van der Waals surface area contributed by atoms with Crippen LogP contribution in [0.25, 0.3) is 0 Å². The highest BCUT2D eigenvalue weighted by molar-refractivity contribution is 5.95. The van der Waals surface area contributed by atoms with Crippen molar-refractivity contribution in [1.29, 1.82) is 5.26 Å². The number of hydrogen-bond donors (Lipinski definition) is 0. The van der Waals surface area contributed by atoms with Crippen LogP contribution in [0.2, 0.25) is 0 Å². The molecule has 106 valence electrons. The van der Waals surface area contributed by atoms with Crippen LogP contribution in [0.4, 0.5) is 8.78 Å². The largest absolute Gasteiger partial charge is 0.336 e. The van der Waals surface area contributed by atoms with Gasteiger partial charge < -0.3 is 4.90 Å². The Morgan fingerprint density at radius 3 is 2.55 bits per heavy atom. The van der Waals surface area contributed by atoms with Crippen molar-refractivity contribution in [2.45, 2.75) is 6.92 Å². The molecular weight excluding hydrogens is 264 g/mol. The molecule has 1 aliphatic rings. The van der Waals surface area contributed by atoms with Gasteiger partial charge in [-0.15, -0.1) is 0 Å². The summed E-state index contributed by atoms with van der Waals surface area (Å²) in [6, 6.07) is 4.46. The van der Waals surface area contributed by atoms with Crippen molar-refractivity contribution in [3.8, 4) is 6.07 Å². The van der Waals surface area contributed by atoms with Crippen molar-refractivity contribution in [2.24, 2.45) is 0 Å². The van der Waals surface area contributed by atoms with E-state index in [-0.39, 0.29) is 5.56 Å². The summed E-state index contributed by atoms with van der Waals surface area (Å²) in [6.07, 6.45) is 0. The Kier molecular flexibility index (Phi) is 4.30. The first-order valence-electron chi connectivity index (χ1n) is 6.37. The van der Waals surface area contributed by atoms with Crippen molar-refractivity contribution in [3.05, 3.63) is 34.9 Å². The van der Waals surface area contributed by atoms with Gasteiger partial charge in [0.25, 0.3) is 5.91 Å². The zero-order valence-electron chi connectivity index (χ0n) is 11.2. The third-order valence-electron chi connectivity index (χ3n) is 3.45. The maximum atomic E-state index is 13.9. The van der Waals surface area contributed by atoms with Crippen molar-refractivity contribution in [1.82, 2.24) is 9.80 Å². The first kappa shape index (κ1) is 14.4. The third kappa shape index (κ3) is 2.78. The topological polar surface area (TPSA) is 47.3 Å². The number of rotatable bonds is 2. The number of nitrogens with zero attached hydrogens (tertiary/aromatic N) is 3. The molecule has 2 rings (SSSR count). The third-order valence-corrected chi connectivity index (χ3v) is 3.45. The Morgan fingerprint density at radius 2 is 1.95 bits per heavy atom. The van der Waals surface area contributed by atoms with Crippen molar-refractivity contribution < 1.29 is 13.6 Å². The Morgan fingerprint density at radius 1 is 1.30 bits per heavy atom. The van der Waals surface area contributed by atoms with Crippen LogP contribution in [0.5, 0.6) is 0 Å². The molecule has 1 saturated heterocycles. The smallest absolute Gasteiger partial charge is 0.259 e. The minimum Gasteiger partial charge on any atom is -0.336 e. The molecule has 0 radical (unpaired) electrons. The molecule has 1 aromatic rings. The standard InChI is InChI=1S/C14H15F2N3O/c1-10-2-3-11(15)12(13(10)16)14(20)19-8-6-18(5-4-17)7-9-19/h2-3H,5-9H2,1H3. The summed E-state index contributed by atoms with van der Waals surface area (Å²) in [4.78, 5) is 15.5. The second-order valence-corrected chi connectivity index (χ2v) is 4.78. The number of aryl methyl sites for hydroxylation is 1. The second kappa shape index (κ2) is 5.97. The monoisotopic (exact) mass is 279 g/mol. The van der Waals surface area contributed by atoms with Gasteiger partial charge in [-0.05, 0) is 18.6 Å². The quantitative estimate of drug-likeness (QED) is 0.772. The van der Waals surface area contributed by atoms with E-state index in [9.17, 15) is 13.6 Å². The fourth-order valence-corrected chi connectivity index (χ4v) is 2.22. The lowest BCUT2D eigenvalue weighted by Gasteiger charge is -2.33. The summed E-state index contributed by atoms with van der Waals surface area (Å²) in [7, 11) is 0. The zero-order valence-corrected chi connectivity index (χ0v) is 11.2. The highest BCUT2D eigenvalue weighted by atomic mass is 19.1. The maximum Gasteiger partial charge on any atom is 0.259 e. The van der Waals surface area contributed by atoms with E-state index in [2.05, 4.69) is 0 Å². The molecule has 0 bridgehead atoms. The van der Waals surface area contributed by atoms with E-state index in [1.54, 1.807) is 0 Å². The van der Waals surface area contributed by atoms with E-state index in [1.807, 2.05) is 11.0 Å². The number of nitriles is 1. The van der Waals surface area contributed by atoms with Crippen LogP contribution in [0.3, 0.4) is 0 Å². The highest BCUT2D eigenvalue weighted by Gasteiger charge is 2.27. The van der Waals surface area contributed by atoms with Gasteiger partial charge in [-0.2, -0.15) is 5.26 Å². The second-order valence-electron chi connectivity index (χ2n) is 4.78. The molecule has 6 heteroatoms. The zero-order chi connectivity index (χ0) is 14.7. The number of halogens is 2. The number of hydrogen-bond acceptors (Lipinski definition) is 3. The molecule has 0 N–H and O–H groups in total. The molecule has 0 spiro atoms. The molecule has 0 unspecified atom stereocenters. The summed E-state index contributed by atoms with van der Waals surface area (Å²) < 4.78 is 27.6. The first-order valence-corrected chi connectivity index (χ1v) is 6.37. The van der Waals surface area contributed by atoms with E-state index >= 15 is 0 Å². The molecule has 0 aromatic heterocycles. The van der Waals surface area contributed by atoms with Crippen LogP contribution in [-0.4, -0.2) is 48.4 Å². The summed E-state index contributed by atoms with van der Waals surface area (Å²) in [5, 5.41) is 8.60. The van der Waals surface area contributed by atoms with Crippen LogP contribution in [0, 0.1) is 29.9 Å². The molecule has 1 amide bonds. The normalized spacial score (nSPS) is 16.0. The average molecular weight is 279 g/mol. The predicted molar refractivity (Wildman–Crippen MR) is 69.1 cm³/mol. The molecule has 0 saturated carbocycles. The van der Waals surface area contributed by atoms with Gasteiger partial charge in [-0.25, -0.2) is 8.78 Å². The number of carbonyl (C=O) groups excluding carboxylic acids is 1. The van der Waals surface area contributed by atoms with Gasteiger partial charge in [0.05, 0.1) is 12.6 Å². The van der Waals surface area contributed by atoms with Crippen LogP contribution in [0.1, 0.15) is 15.9 Å². The van der Waals surface area contributed by atoms with Crippen LogP contribution >= 0.6 is 0 Å². The summed E-state index contributed by atoms with van der Waals surface area (Å²) in [6.45, 7) is 3.61.